The highest BCUT2D eigenvalue weighted by Crippen LogP contribution is 2.26. The summed E-state index contributed by atoms with van der Waals surface area (Å²) < 4.78 is 5.68. The highest BCUT2D eigenvalue weighted by Gasteiger charge is 2.09. The molecule has 122 valence electrons. The molecule has 0 heterocycles. The number of hydrogen-bond acceptors (Lipinski definition) is 3. The van der Waals surface area contributed by atoms with Crippen LogP contribution < -0.4 is 10.5 Å². The number of carboxylic acids is 1. The van der Waals surface area contributed by atoms with Crippen LogP contribution in [-0.4, -0.2) is 17.1 Å². The molecule has 0 bridgehead atoms. The molecular formula is C17H17Cl2NO3. The minimum absolute atomic E-state index is 0.0523. The number of hydrogen-bond donors (Lipinski definition) is 2. The lowest BCUT2D eigenvalue weighted by molar-refractivity contribution is -0.137. The van der Waals surface area contributed by atoms with Crippen molar-refractivity contribution in [1.29, 1.82) is 0 Å². The first-order valence-electron chi connectivity index (χ1n) is 7.07. The fourth-order valence-corrected chi connectivity index (χ4v) is 2.65. The quantitative estimate of drug-likeness (QED) is 0.791. The van der Waals surface area contributed by atoms with Gasteiger partial charge in [-0.1, -0.05) is 41.4 Å². The van der Waals surface area contributed by atoms with E-state index in [1.165, 1.54) is 0 Å². The lowest BCUT2D eigenvalue weighted by Crippen LogP contribution is -2.26. The molecule has 0 saturated heterocycles. The molecular weight excluding hydrogens is 337 g/mol. The molecule has 0 aliphatic carbocycles. The van der Waals surface area contributed by atoms with Crippen LogP contribution >= 0.6 is 23.2 Å². The molecule has 4 nitrogen and oxygen atoms in total. The van der Waals surface area contributed by atoms with Gasteiger partial charge in [0.25, 0.3) is 0 Å². The van der Waals surface area contributed by atoms with Crippen LogP contribution in [0.1, 0.15) is 17.5 Å². The standard InChI is InChI=1S/C17H17Cl2NO3/c18-15-2-1-3-16(19)14(15)10-23-13-6-4-11(5-7-13)8-12(20)9-17(21)22/h1-7,12H,8-10,20H2,(H,21,22)/t12-/m0/s1. The third kappa shape index (κ3) is 5.43. The van der Waals surface area contributed by atoms with Crippen molar-refractivity contribution in [2.24, 2.45) is 5.73 Å². The average Bonchev–Trinajstić information content (AvgIpc) is 2.47. The second-order valence-electron chi connectivity index (χ2n) is 5.19. The van der Waals surface area contributed by atoms with E-state index in [-0.39, 0.29) is 13.0 Å². The second kappa shape index (κ2) is 8.20. The van der Waals surface area contributed by atoms with E-state index in [1.807, 2.05) is 24.3 Å². The minimum Gasteiger partial charge on any atom is -0.489 e. The zero-order valence-corrected chi connectivity index (χ0v) is 13.8. The predicted molar refractivity (Wildman–Crippen MR) is 91.2 cm³/mol. The Kier molecular flexibility index (Phi) is 6.28. The molecule has 0 aliphatic rings. The summed E-state index contributed by atoms with van der Waals surface area (Å²) in [6, 6.07) is 12.3. The van der Waals surface area contributed by atoms with E-state index in [0.29, 0.717) is 22.2 Å². The summed E-state index contributed by atoms with van der Waals surface area (Å²) in [5, 5.41) is 9.83. The molecule has 0 spiro atoms. The maximum Gasteiger partial charge on any atom is 0.304 e. The van der Waals surface area contributed by atoms with Crippen molar-refractivity contribution >= 4 is 29.2 Å². The van der Waals surface area contributed by atoms with E-state index in [4.69, 9.17) is 38.8 Å². The fraction of sp³-hybridized carbons (Fsp3) is 0.235. The highest BCUT2D eigenvalue weighted by molar-refractivity contribution is 6.35. The van der Waals surface area contributed by atoms with Crippen molar-refractivity contribution in [1.82, 2.24) is 0 Å². The van der Waals surface area contributed by atoms with Gasteiger partial charge in [0.15, 0.2) is 0 Å². The van der Waals surface area contributed by atoms with Crippen LogP contribution in [0.4, 0.5) is 0 Å². The van der Waals surface area contributed by atoms with E-state index in [9.17, 15) is 4.79 Å². The minimum atomic E-state index is -0.894. The van der Waals surface area contributed by atoms with Crippen molar-refractivity contribution in [2.75, 3.05) is 0 Å². The Morgan fingerprint density at radius 3 is 2.30 bits per heavy atom. The molecule has 0 unspecified atom stereocenters. The summed E-state index contributed by atoms with van der Waals surface area (Å²) in [5.74, 6) is -0.217. The monoisotopic (exact) mass is 353 g/mol. The van der Waals surface area contributed by atoms with Gasteiger partial charge in [-0.25, -0.2) is 0 Å². The maximum absolute atomic E-state index is 10.6. The Bertz CT molecular complexity index is 654. The third-order valence-electron chi connectivity index (χ3n) is 3.30. The van der Waals surface area contributed by atoms with Gasteiger partial charge in [0, 0.05) is 21.7 Å². The van der Waals surface area contributed by atoms with E-state index in [2.05, 4.69) is 0 Å². The van der Waals surface area contributed by atoms with Gasteiger partial charge in [0.05, 0.1) is 6.42 Å². The number of benzene rings is 2. The van der Waals surface area contributed by atoms with Crippen LogP contribution in [0.5, 0.6) is 5.75 Å². The second-order valence-corrected chi connectivity index (χ2v) is 6.01. The topological polar surface area (TPSA) is 72.6 Å². The average molecular weight is 354 g/mol. The summed E-state index contributed by atoms with van der Waals surface area (Å²) in [5.41, 5.74) is 7.47. The van der Waals surface area contributed by atoms with E-state index in [0.717, 1.165) is 11.1 Å². The maximum atomic E-state index is 10.6. The van der Waals surface area contributed by atoms with E-state index in [1.54, 1.807) is 18.2 Å². The predicted octanol–water partition coefficient (Wildman–Crippen LogP) is 3.92. The van der Waals surface area contributed by atoms with Crippen molar-refractivity contribution in [3.8, 4) is 5.75 Å². The molecule has 2 rings (SSSR count). The summed E-state index contributed by atoms with van der Waals surface area (Å²) >= 11 is 12.2. The molecule has 0 radical (unpaired) electrons. The molecule has 3 N–H and O–H groups in total. The van der Waals surface area contributed by atoms with Gasteiger partial charge in [-0.05, 0) is 36.2 Å². The van der Waals surface area contributed by atoms with Gasteiger partial charge < -0.3 is 15.6 Å². The van der Waals surface area contributed by atoms with Crippen LogP contribution in [-0.2, 0) is 17.8 Å². The molecule has 0 aliphatic heterocycles. The summed E-state index contributed by atoms with van der Waals surface area (Å²) in [7, 11) is 0. The highest BCUT2D eigenvalue weighted by atomic mass is 35.5. The van der Waals surface area contributed by atoms with Crippen molar-refractivity contribution in [3.05, 3.63) is 63.6 Å². The Balaban J connectivity index is 1.94. The Hall–Kier alpha value is -1.75. The lowest BCUT2D eigenvalue weighted by atomic mass is 10.0. The zero-order valence-electron chi connectivity index (χ0n) is 12.3. The van der Waals surface area contributed by atoms with Gasteiger partial charge in [-0.2, -0.15) is 0 Å². The van der Waals surface area contributed by atoms with Crippen LogP contribution in [0.15, 0.2) is 42.5 Å². The lowest BCUT2D eigenvalue weighted by Gasteiger charge is -2.11. The van der Waals surface area contributed by atoms with Gasteiger partial charge in [-0.15, -0.1) is 0 Å². The molecule has 0 fully saturated rings. The molecule has 0 amide bonds. The zero-order chi connectivity index (χ0) is 16.8. The number of rotatable bonds is 7. The Morgan fingerprint density at radius 1 is 1.13 bits per heavy atom. The van der Waals surface area contributed by atoms with Crippen LogP contribution in [0, 0.1) is 0 Å². The summed E-state index contributed by atoms with van der Waals surface area (Å²) in [6.07, 6.45) is 0.451. The first kappa shape index (κ1) is 17.6. The Labute approximate surface area is 144 Å². The van der Waals surface area contributed by atoms with Crippen molar-refractivity contribution in [2.45, 2.75) is 25.5 Å². The first-order valence-corrected chi connectivity index (χ1v) is 7.83. The van der Waals surface area contributed by atoms with Gasteiger partial charge in [0.1, 0.15) is 12.4 Å². The number of halogens is 2. The van der Waals surface area contributed by atoms with Gasteiger partial charge in [-0.3, -0.25) is 4.79 Å². The van der Waals surface area contributed by atoms with Gasteiger partial charge in [0.2, 0.25) is 0 Å². The SMILES string of the molecule is N[C@H](CC(=O)O)Cc1ccc(OCc2c(Cl)cccc2Cl)cc1. The van der Waals surface area contributed by atoms with E-state index >= 15 is 0 Å². The Morgan fingerprint density at radius 2 is 1.74 bits per heavy atom. The smallest absolute Gasteiger partial charge is 0.304 e. The van der Waals surface area contributed by atoms with Crippen molar-refractivity contribution < 1.29 is 14.6 Å². The molecule has 1 atom stereocenters. The van der Waals surface area contributed by atoms with Crippen LogP contribution in [0.3, 0.4) is 0 Å². The number of carboxylic acid groups (broad SMARTS) is 1. The normalized spacial score (nSPS) is 12.0. The van der Waals surface area contributed by atoms with Crippen LogP contribution in [0.25, 0.3) is 0 Å². The number of nitrogens with two attached hydrogens (primary N) is 1. The molecule has 0 saturated carbocycles. The van der Waals surface area contributed by atoms with Crippen molar-refractivity contribution in [3.63, 3.8) is 0 Å². The molecule has 2 aromatic rings. The third-order valence-corrected chi connectivity index (χ3v) is 4.01. The number of aliphatic carboxylic acids is 1. The first-order chi connectivity index (χ1) is 11.0. The van der Waals surface area contributed by atoms with Crippen LogP contribution in [0.2, 0.25) is 10.0 Å². The summed E-state index contributed by atoms with van der Waals surface area (Å²) in [6.45, 7) is 0.274. The fourth-order valence-electron chi connectivity index (χ4n) is 2.15. The number of carbonyl (C=O) groups is 1. The molecule has 0 aromatic heterocycles. The largest absolute Gasteiger partial charge is 0.489 e. The molecule has 6 heteroatoms. The van der Waals surface area contributed by atoms with Gasteiger partial charge >= 0.3 is 5.97 Å². The van der Waals surface area contributed by atoms with E-state index < -0.39 is 12.0 Å². The number of ether oxygens (including phenoxy) is 1. The summed E-state index contributed by atoms with van der Waals surface area (Å²) in [4.78, 5) is 10.6. The molecule has 2 aromatic carbocycles. The molecule has 23 heavy (non-hydrogen) atoms.